The average molecular weight is 398 g/mol. The number of hydrogen-bond donors (Lipinski definition) is 0. The van der Waals surface area contributed by atoms with E-state index in [0.29, 0.717) is 18.5 Å². The molecule has 128 valence electrons. The minimum absolute atomic E-state index is 0.120. The molecule has 1 aliphatic heterocycles. The number of ether oxygens (including phenoxy) is 1. The van der Waals surface area contributed by atoms with Crippen molar-refractivity contribution in [2.24, 2.45) is 0 Å². The van der Waals surface area contributed by atoms with E-state index >= 15 is 0 Å². The van der Waals surface area contributed by atoms with Gasteiger partial charge in [0.15, 0.2) is 0 Å². The maximum atomic E-state index is 13.3. The third-order valence-corrected chi connectivity index (χ3v) is 4.34. The summed E-state index contributed by atoms with van der Waals surface area (Å²) in [5, 5.41) is -0.122. The van der Waals surface area contributed by atoms with Gasteiger partial charge in [0.2, 0.25) is 0 Å². The molecule has 0 amide bonds. The van der Waals surface area contributed by atoms with Crippen molar-refractivity contribution in [1.29, 1.82) is 0 Å². The van der Waals surface area contributed by atoms with Crippen molar-refractivity contribution in [2.75, 3.05) is 20.2 Å². The van der Waals surface area contributed by atoms with Crippen LogP contribution in [0.5, 0.6) is 0 Å². The van der Waals surface area contributed by atoms with Crippen LogP contribution in [-0.2, 0) is 22.8 Å². The summed E-state index contributed by atoms with van der Waals surface area (Å²) in [5.41, 5.74) is -0.831. The molecule has 1 heterocycles. The normalized spacial score (nSPS) is 19.1. The summed E-state index contributed by atoms with van der Waals surface area (Å²) in [7, 11) is 1.12. The van der Waals surface area contributed by atoms with Gasteiger partial charge in [0.1, 0.15) is 6.17 Å². The number of rotatable bonds is 4. The van der Waals surface area contributed by atoms with Gasteiger partial charge in [0, 0.05) is 25.0 Å². The molecule has 0 radical (unpaired) electrons. The Morgan fingerprint density at radius 3 is 2.61 bits per heavy atom. The number of benzene rings is 1. The number of alkyl halides is 5. The van der Waals surface area contributed by atoms with Gasteiger partial charge in [-0.1, -0.05) is 15.9 Å². The van der Waals surface area contributed by atoms with Crippen LogP contribution in [0, 0.1) is 0 Å². The van der Waals surface area contributed by atoms with Crippen LogP contribution in [0.1, 0.15) is 33.5 Å². The third-order valence-electron chi connectivity index (χ3n) is 3.78. The molecule has 0 bridgehead atoms. The Hall–Kier alpha value is -1.15. The van der Waals surface area contributed by atoms with Gasteiger partial charge in [-0.3, -0.25) is 4.90 Å². The van der Waals surface area contributed by atoms with Crippen molar-refractivity contribution in [3.63, 3.8) is 0 Å². The summed E-state index contributed by atoms with van der Waals surface area (Å²) >= 11 is 3.00. The summed E-state index contributed by atoms with van der Waals surface area (Å²) in [4.78, 5) is 13.6. The number of likely N-dealkylation sites (tertiary alicyclic amines) is 1. The standard InChI is InChI=1S/C15H16BrF4NO2/c1-23-14(22)11-4-9(7-21-3-2-10(17)8-21)5-13(12(11)6-16)15(18,19)20/h4-5,10H,2-3,6-8H2,1H3/t10-/m0/s1. The van der Waals surface area contributed by atoms with E-state index in [-0.39, 0.29) is 29.5 Å². The van der Waals surface area contributed by atoms with Gasteiger partial charge < -0.3 is 4.74 Å². The molecule has 1 aromatic rings. The minimum atomic E-state index is -4.59. The fourth-order valence-corrected chi connectivity index (χ4v) is 3.30. The topological polar surface area (TPSA) is 29.5 Å². The molecule has 3 nitrogen and oxygen atoms in total. The molecule has 0 N–H and O–H groups in total. The average Bonchev–Trinajstić information content (AvgIpc) is 2.89. The molecule has 8 heteroatoms. The molecular formula is C15H16BrF4NO2. The second-order valence-corrected chi connectivity index (χ2v) is 5.97. The van der Waals surface area contributed by atoms with Gasteiger partial charge >= 0.3 is 12.1 Å². The fraction of sp³-hybridized carbons (Fsp3) is 0.533. The molecule has 2 rings (SSSR count). The van der Waals surface area contributed by atoms with Gasteiger partial charge in [-0.05, 0) is 29.7 Å². The highest BCUT2D eigenvalue weighted by molar-refractivity contribution is 9.08. The molecular weight excluding hydrogens is 382 g/mol. The first-order valence-electron chi connectivity index (χ1n) is 7.00. The Kier molecular flexibility index (Phi) is 5.67. The van der Waals surface area contributed by atoms with E-state index in [2.05, 4.69) is 20.7 Å². The summed E-state index contributed by atoms with van der Waals surface area (Å²) in [6.07, 6.45) is -5.18. The first kappa shape index (κ1) is 18.2. The van der Waals surface area contributed by atoms with Gasteiger partial charge in [-0.25, -0.2) is 9.18 Å². The predicted octanol–water partition coefficient (Wildman–Crippen LogP) is 3.93. The lowest BCUT2D eigenvalue weighted by atomic mass is 9.97. The fourth-order valence-electron chi connectivity index (χ4n) is 2.70. The van der Waals surface area contributed by atoms with Crippen LogP contribution in [0.2, 0.25) is 0 Å². The number of esters is 1. The maximum absolute atomic E-state index is 13.3. The third kappa shape index (κ3) is 4.23. The molecule has 1 saturated heterocycles. The SMILES string of the molecule is COC(=O)c1cc(CN2CC[C@H](F)C2)cc(C(F)(F)F)c1CBr. The zero-order valence-electron chi connectivity index (χ0n) is 12.4. The Balaban J connectivity index is 2.44. The van der Waals surface area contributed by atoms with Crippen molar-refractivity contribution in [3.8, 4) is 0 Å². The molecule has 23 heavy (non-hydrogen) atoms. The smallest absolute Gasteiger partial charge is 0.416 e. The molecule has 0 aliphatic carbocycles. The van der Waals surface area contributed by atoms with Crippen molar-refractivity contribution in [1.82, 2.24) is 4.90 Å². The molecule has 1 fully saturated rings. The Bertz CT molecular complexity index is 592. The molecule has 1 aromatic carbocycles. The first-order chi connectivity index (χ1) is 10.8. The number of halogens is 5. The second kappa shape index (κ2) is 7.17. The van der Waals surface area contributed by atoms with E-state index in [1.807, 2.05) is 0 Å². The van der Waals surface area contributed by atoms with E-state index in [4.69, 9.17) is 0 Å². The number of hydrogen-bond acceptors (Lipinski definition) is 3. The zero-order valence-corrected chi connectivity index (χ0v) is 14.0. The molecule has 0 saturated carbocycles. The zero-order chi connectivity index (χ0) is 17.2. The first-order valence-corrected chi connectivity index (χ1v) is 8.12. The van der Waals surface area contributed by atoms with Crippen LogP contribution in [0.25, 0.3) is 0 Å². The van der Waals surface area contributed by atoms with Gasteiger partial charge in [-0.15, -0.1) is 0 Å². The van der Waals surface area contributed by atoms with Gasteiger partial charge in [0.25, 0.3) is 0 Å². The number of nitrogens with zero attached hydrogens (tertiary/aromatic N) is 1. The van der Waals surface area contributed by atoms with E-state index < -0.39 is 23.9 Å². The lowest BCUT2D eigenvalue weighted by Crippen LogP contribution is -2.22. The van der Waals surface area contributed by atoms with Crippen molar-refractivity contribution < 1.29 is 27.1 Å². The number of carbonyl (C=O) groups excluding carboxylic acids is 1. The van der Waals surface area contributed by atoms with Gasteiger partial charge in [0.05, 0.1) is 18.2 Å². The van der Waals surface area contributed by atoms with Crippen LogP contribution in [0.3, 0.4) is 0 Å². The molecule has 0 aromatic heterocycles. The van der Waals surface area contributed by atoms with Crippen LogP contribution in [0.4, 0.5) is 17.6 Å². The Morgan fingerprint density at radius 1 is 1.43 bits per heavy atom. The highest BCUT2D eigenvalue weighted by Crippen LogP contribution is 2.36. The van der Waals surface area contributed by atoms with Gasteiger partial charge in [-0.2, -0.15) is 13.2 Å². The Labute approximate surface area is 139 Å². The number of carbonyl (C=O) groups is 1. The lowest BCUT2D eigenvalue weighted by molar-refractivity contribution is -0.138. The summed E-state index contributed by atoms with van der Waals surface area (Å²) in [6, 6.07) is 2.41. The summed E-state index contributed by atoms with van der Waals surface area (Å²) in [5.74, 6) is -0.823. The highest BCUT2D eigenvalue weighted by atomic mass is 79.9. The quantitative estimate of drug-likeness (QED) is 0.438. The predicted molar refractivity (Wildman–Crippen MR) is 80.2 cm³/mol. The van der Waals surface area contributed by atoms with Crippen molar-refractivity contribution in [2.45, 2.75) is 30.6 Å². The molecule has 0 spiro atoms. The van der Waals surface area contributed by atoms with Crippen molar-refractivity contribution in [3.05, 3.63) is 34.4 Å². The van der Waals surface area contributed by atoms with E-state index in [0.717, 1.165) is 13.2 Å². The molecule has 0 unspecified atom stereocenters. The highest BCUT2D eigenvalue weighted by Gasteiger charge is 2.36. The Morgan fingerprint density at radius 2 is 2.13 bits per heavy atom. The van der Waals surface area contributed by atoms with E-state index in [1.165, 1.54) is 6.07 Å². The monoisotopic (exact) mass is 397 g/mol. The minimum Gasteiger partial charge on any atom is -0.465 e. The lowest BCUT2D eigenvalue weighted by Gasteiger charge is -2.20. The summed E-state index contributed by atoms with van der Waals surface area (Å²) in [6.45, 7) is 0.835. The second-order valence-electron chi connectivity index (χ2n) is 5.41. The molecule has 1 aliphatic rings. The summed E-state index contributed by atoms with van der Waals surface area (Å²) < 4.78 is 57.7. The maximum Gasteiger partial charge on any atom is 0.416 e. The number of methoxy groups -OCH3 is 1. The largest absolute Gasteiger partial charge is 0.465 e. The van der Waals surface area contributed by atoms with E-state index in [9.17, 15) is 22.4 Å². The molecule has 1 atom stereocenters. The van der Waals surface area contributed by atoms with Crippen LogP contribution in [0.15, 0.2) is 12.1 Å². The van der Waals surface area contributed by atoms with Crippen LogP contribution >= 0.6 is 15.9 Å². The van der Waals surface area contributed by atoms with Crippen LogP contribution in [-0.4, -0.2) is 37.2 Å². The van der Waals surface area contributed by atoms with E-state index in [1.54, 1.807) is 4.90 Å². The van der Waals surface area contributed by atoms with Crippen molar-refractivity contribution >= 4 is 21.9 Å². The van der Waals surface area contributed by atoms with Crippen LogP contribution < -0.4 is 0 Å².